The summed E-state index contributed by atoms with van der Waals surface area (Å²) < 4.78 is 65.1. The van der Waals surface area contributed by atoms with Crippen LogP contribution in [0.25, 0.3) is 10.9 Å². The SMILES string of the molecule is CC(NC(=O)C(=O)Nc1c[nH]c2cc(F)c(F)cc12)c1cccc(C(F)(F)F)c1. The van der Waals surface area contributed by atoms with Crippen LogP contribution in [0.3, 0.4) is 0 Å². The Labute approximate surface area is 160 Å². The molecule has 10 heteroatoms. The van der Waals surface area contributed by atoms with Crippen molar-refractivity contribution in [2.24, 2.45) is 0 Å². The first kappa shape index (κ1) is 20.3. The second-order valence-corrected chi connectivity index (χ2v) is 6.29. The second kappa shape index (κ2) is 7.53. The number of carbonyl (C=O) groups excluding carboxylic acids is 2. The average Bonchev–Trinajstić information content (AvgIpc) is 3.03. The first-order valence-corrected chi connectivity index (χ1v) is 8.31. The zero-order valence-electron chi connectivity index (χ0n) is 14.8. The number of H-pyrrole nitrogens is 1. The maximum atomic E-state index is 13.4. The van der Waals surface area contributed by atoms with Crippen molar-refractivity contribution in [2.75, 3.05) is 5.32 Å². The van der Waals surface area contributed by atoms with E-state index in [1.54, 1.807) is 0 Å². The van der Waals surface area contributed by atoms with E-state index < -0.39 is 41.2 Å². The van der Waals surface area contributed by atoms with Gasteiger partial charge in [0.05, 0.1) is 22.8 Å². The molecule has 29 heavy (non-hydrogen) atoms. The molecule has 1 unspecified atom stereocenters. The third kappa shape index (κ3) is 4.36. The van der Waals surface area contributed by atoms with Crippen LogP contribution in [0.2, 0.25) is 0 Å². The minimum Gasteiger partial charge on any atom is -0.359 e. The Bertz CT molecular complexity index is 1090. The van der Waals surface area contributed by atoms with Gasteiger partial charge in [0.1, 0.15) is 0 Å². The van der Waals surface area contributed by atoms with Crippen molar-refractivity contribution in [1.29, 1.82) is 0 Å². The number of aromatic amines is 1. The summed E-state index contributed by atoms with van der Waals surface area (Å²) in [7, 11) is 0. The smallest absolute Gasteiger partial charge is 0.359 e. The van der Waals surface area contributed by atoms with Crippen LogP contribution in [-0.4, -0.2) is 16.8 Å². The Morgan fingerprint density at radius 2 is 1.72 bits per heavy atom. The molecule has 1 atom stereocenters. The van der Waals surface area contributed by atoms with Gasteiger partial charge in [0, 0.05) is 17.6 Å². The highest BCUT2D eigenvalue weighted by Crippen LogP contribution is 2.30. The van der Waals surface area contributed by atoms with E-state index in [1.165, 1.54) is 25.3 Å². The van der Waals surface area contributed by atoms with Crippen molar-refractivity contribution in [2.45, 2.75) is 19.1 Å². The molecule has 5 nitrogen and oxygen atoms in total. The standard InChI is InChI=1S/C19H14F5N3O2/c1-9(10-3-2-4-11(5-10)19(22,23)24)26-17(28)18(29)27-16-8-25-15-7-14(21)13(20)6-12(15)16/h2-9,25H,1H3,(H,26,28)(H,27,29). The van der Waals surface area contributed by atoms with Gasteiger partial charge in [-0.25, -0.2) is 8.78 Å². The molecule has 0 aliphatic carbocycles. The minimum absolute atomic E-state index is 0.0470. The molecule has 2 amide bonds. The average molecular weight is 411 g/mol. The molecule has 3 aromatic rings. The lowest BCUT2D eigenvalue weighted by Gasteiger charge is -2.16. The maximum Gasteiger partial charge on any atom is 0.416 e. The fraction of sp³-hybridized carbons (Fsp3) is 0.158. The third-order valence-electron chi connectivity index (χ3n) is 4.24. The topological polar surface area (TPSA) is 74.0 Å². The van der Waals surface area contributed by atoms with Crippen LogP contribution < -0.4 is 10.6 Å². The van der Waals surface area contributed by atoms with Gasteiger partial charge in [0.2, 0.25) is 0 Å². The van der Waals surface area contributed by atoms with E-state index in [9.17, 15) is 31.5 Å². The predicted molar refractivity (Wildman–Crippen MR) is 94.8 cm³/mol. The molecule has 152 valence electrons. The van der Waals surface area contributed by atoms with Crippen molar-refractivity contribution in [1.82, 2.24) is 10.3 Å². The predicted octanol–water partition coefficient (Wildman–Crippen LogP) is 4.28. The molecule has 0 radical (unpaired) electrons. The normalized spacial score (nSPS) is 12.6. The number of halogens is 5. The fourth-order valence-electron chi connectivity index (χ4n) is 2.73. The van der Waals surface area contributed by atoms with E-state index in [2.05, 4.69) is 15.6 Å². The first-order chi connectivity index (χ1) is 13.6. The molecule has 0 saturated carbocycles. The van der Waals surface area contributed by atoms with E-state index in [1.807, 2.05) is 0 Å². The quantitative estimate of drug-likeness (QED) is 0.445. The molecule has 0 saturated heterocycles. The van der Waals surface area contributed by atoms with E-state index in [-0.39, 0.29) is 22.2 Å². The van der Waals surface area contributed by atoms with Crippen LogP contribution in [0.1, 0.15) is 24.1 Å². The van der Waals surface area contributed by atoms with Crippen LogP contribution in [0.5, 0.6) is 0 Å². The van der Waals surface area contributed by atoms with Gasteiger partial charge in [-0.3, -0.25) is 9.59 Å². The molecule has 3 rings (SSSR count). The number of carbonyl (C=O) groups is 2. The number of hydrogen-bond acceptors (Lipinski definition) is 2. The fourth-order valence-corrected chi connectivity index (χ4v) is 2.73. The number of fused-ring (bicyclic) bond motifs is 1. The number of benzene rings is 2. The zero-order valence-corrected chi connectivity index (χ0v) is 14.8. The Kier molecular flexibility index (Phi) is 5.27. The lowest BCUT2D eigenvalue weighted by molar-refractivity contribution is -0.137. The highest BCUT2D eigenvalue weighted by molar-refractivity contribution is 6.40. The van der Waals surface area contributed by atoms with Gasteiger partial charge in [-0.1, -0.05) is 12.1 Å². The van der Waals surface area contributed by atoms with E-state index >= 15 is 0 Å². The number of rotatable bonds is 3. The highest BCUT2D eigenvalue weighted by atomic mass is 19.4. The van der Waals surface area contributed by atoms with Crippen LogP contribution in [0.4, 0.5) is 27.6 Å². The summed E-state index contributed by atoms with van der Waals surface area (Å²) in [5, 5.41) is 4.69. The van der Waals surface area contributed by atoms with Gasteiger partial charge in [0.25, 0.3) is 0 Å². The molecule has 3 N–H and O–H groups in total. The Balaban J connectivity index is 1.71. The van der Waals surface area contributed by atoms with Gasteiger partial charge in [-0.2, -0.15) is 13.2 Å². The molecule has 1 heterocycles. The molecule has 0 aliphatic heterocycles. The molecule has 0 fully saturated rings. The summed E-state index contributed by atoms with van der Waals surface area (Å²) in [5.41, 5.74) is -0.470. The van der Waals surface area contributed by atoms with Gasteiger partial charge < -0.3 is 15.6 Å². The Morgan fingerprint density at radius 3 is 2.41 bits per heavy atom. The van der Waals surface area contributed by atoms with E-state index in [4.69, 9.17) is 0 Å². The summed E-state index contributed by atoms with van der Waals surface area (Å²) in [5.74, 6) is -4.43. The van der Waals surface area contributed by atoms with Gasteiger partial charge in [-0.05, 0) is 30.7 Å². The van der Waals surface area contributed by atoms with Crippen LogP contribution in [0.15, 0.2) is 42.6 Å². The Hall–Kier alpha value is -3.43. The summed E-state index contributed by atoms with van der Waals surface area (Å²) in [6.07, 6.45) is -3.29. The lowest BCUT2D eigenvalue weighted by atomic mass is 10.0. The molecule has 2 aromatic carbocycles. The van der Waals surface area contributed by atoms with Crippen molar-refractivity contribution in [3.63, 3.8) is 0 Å². The first-order valence-electron chi connectivity index (χ1n) is 8.31. The number of anilines is 1. The highest BCUT2D eigenvalue weighted by Gasteiger charge is 2.31. The van der Waals surface area contributed by atoms with Crippen molar-refractivity contribution < 1.29 is 31.5 Å². The lowest BCUT2D eigenvalue weighted by Crippen LogP contribution is -2.36. The van der Waals surface area contributed by atoms with Crippen molar-refractivity contribution in [3.05, 3.63) is 65.4 Å². The monoisotopic (exact) mass is 411 g/mol. The molecule has 0 spiro atoms. The molecular weight excluding hydrogens is 397 g/mol. The summed E-state index contributed by atoms with van der Waals surface area (Å²) >= 11 is 0. The largest absolute Gasteiger partial charge is 0.416 e. The van der Waals surface area contributed by atoms with E-state index in [0.717, 1.165) is 24.3 Å². The van der Waals surface area contributed by atoms with Crippen molar-refractivity contribution >= 4 is 28.4 Å². The Morgan fingerprint density at radius 1 is 1.03 bits per heavy atom. The molecule has 0 bridgehead atoms. The van der Waals surface area contributed by atoms with Crippen LogP contribution >= 0.6 is 0 Å². The maximum absolute atomic E-state index is 13.4. The van der Waals surface area contributed by atoms with Gasteiger partial charge in [-0.15, -0.1) is 0 Å². The molecule has 1 aromatic heterocycles. The van der Waals surface area contributed by atoms with Crippen LogP contribution in [0, 0.1) is 11.6 Å². The summed E-state index contributed by atoms with van der Waals surface area (Å²) in [4.78, 5) is 26.8. The summed E-state index contributed by atoms with van der Waals surface area (Å²) in [6, 6.07) is 5.22. The molecule has 0 aliphatic rings. The van der Waals surface area contributed by atoms with Crippen LogP contribution in [-0.2, 0) is 15.8 Å². The second-order valence-electron chi connectivity index (χ2n) is 6.29. The van der Waals surface area contributed by atoms with E-state index in [0.29, 0.717) is 0 Å². The number of nitrogens with one attached hydrogen (secondary N) is 3. The van der Waals surface area contributed by atoms with Gasteiger partial charge in [0.15, 0.2) is 11.6 Å². The minimum atomic E-state index is -4.54. The number of hydrogen-bond donors (Lipinski definition) is 3. The summed E-state index contributed by atoms with van der Waals surface area (Å²) in [6.45, 7) is 1.42. The number of aromatic nitrogens is 1. The third-order valence-corrected chi connectivity index (χ3v) is 4.24. The molecular formula is C19H14F5N3O2. The van der Waals surface area contributed by atoms with Crippen molar-refractivity contribution in [3.8, 4) is 0 Å². The zero-order chi connectivity index (χ0) is 21.3. The number of alkyl halides is 3. The van der Waals surface area contributed by atoms with Gasteiger partial charge >= 0.3 is 18.0 Å². The number of amides is 2.